The van der Waals surface area contributed by atoms with Crippen molar-refractivity contribution in [1.29, 1.82) is 0 Å². The number of ether oxygens (including phenoxy) is 1. The fourth-order valence-corrected chi connectivity index (χ4v) is 1.63. The van der Waals surface area contributed by atoms with Crippen molar-refractivity contribution in [2.45, 2.75) is 46.1 Å². The Hall–Kier alpha value is -1.55. The molecule has 0 radical (unpaired) electrons. The van der Waals surface area contributed by atoms with E-state index in [0.717, 1.165) is 30.7 Å². The number of hydrogen-bond donors (Lipinski definition) is 2. The van der Waals surface area contributed by atoms with Crippen LogP contribution >= 0.6 is 0 Å². The van der Waals surface area contributed by atoms with Crippen molar-refractivity contribution in [2.75, 3.05) is 18.5 Å². The predicted molar refractivity (Wildman–Crippen MR) is 83.2 cm³/mol. The maximum absolute atomic E-state index is 11.9. The number of para-hydroxylation sites is 2. The highest BCUT2D eigenvalue weighted by Gasteiger charge is 2.08. The molecule has 4 heteroatoms. The Morgan fingerprint density at radius 3 is 2.75 bits per heavy atom. The van der Waals surface area contributed by atoms with E-state index in [9.17, 15) is 4.79 Å². The van der Waals surface area contributed by atoms with Crippen molar-refractivity contribution in [3.05, 3.63) is 24.3 Å². The number of nitrogens with one attached hydrogen (secondary N) is 2. The number of benzene rings is 1. The van der Waals surface area contributed by atoms with Crippen molar-refractivity contribution in [1.82, 2.24) is 5.32 Å². The van der Waals surface area contributed by atoms with E-state index < -0.39 is 0 Å². The molecule has 0 aliphatic heterocycles. The Morgan fingerprint density at radius 2 is 2.05 bits per heavy atom. The van der Waals surface area contributed by atoms with E-state index in [1.807, 2.05) is 24.3 Å². The molecule has 0 heterocycles. The van der Waals surface area contributed by atoms with Crippen molar-refractivity contribution in [2.24, 2.45) is 0 Å². The van der Waals surface area contributed by atoms with E-state index in [1.54, 1.807) is 0 Å². The molecule has 1 aromatic carbocycles. The van der Waals surface area contributed by atoms with Crippen LogP contribution in [-0.2, 0) is 4.79 Å². The lowest BCUT2D eigenvalue weighted by Gasteiger charge is -2.14. The van der Waals surface area contributed by atoms with E-state index in [4.69, 9.17) is 4.74 Å². The molecule has 1 atom stereocenters. The second-order valence-electron chi connectivity index (χ2n) is 4.94. The standard InChI is InChI=1S/C16H26N2O2/c1-4-6-11-20-15-10-8-7-9-14(15)18-16(19)12-17-13(3)5-2/h7-10,13,17H,4-6,11-12H2,1-3H3,(H,18,19). The number of hydrogen-bond acceptors (Lipinski definition) is 3. The number of unbranched alkanes of at least 4 members (excludes halogenated alkanes) is 1. The number of carbonyl (C=O) groups is 1. The zero-order chi connectivity index (χ0) is 14.8. The highest BCUT2D eigenvalue weighted by atomic mass is 16.5. The summed E-state index contributed by atoms with van der Waals surface area (Å²) < 4.78 is 5.69. The number of amides is 1. The maximum Gasteiger partial charge on any atom is 0.238 e. The largest absolute Gasteiger partial charge is 0.491 e. The van der Waals surface area contributed by atoms with Crippen LogP contribution in [0.15, 0.2) is 24.3 Å². The van der Waals surface area contributed by atoms with E-state index in [2.05, 4.69) is 31.4 Å². The minimum absolute atomic E-state index is 0.0446. The van der Waals surface area contributed by atoms with Crippen molar-refractivity contribution in [3.8, 4) is 5.75 Å². The monoisotopic (exact) mass is 278 g/mol. The molecule has 1 unspecified atom stereocenters. The van der Waals surface area contributed by atoms with E-state index in [1.165, 1.54) is 0 Å². The summed E-state index contributed by atoms with van der Waals surface area (Å²) in [7, 11) is 0. The first-order chi connectivity index (χ1) is 9.67. The fourth-order valence-electron chi connectivity index (χ4n) is 1.63. The fraction of sp³-hybridized carbons (Fsp3) is 0.562. The van der Waals surface area contributed by atoms with Gasteiger partial charge in [0, 0.05) is 6.04 Å². The Labute approximate surface area is 121 Å². The van der Waals surface area contributed by atoms with Crippen LogP contribution < -0.4 is 15.4 Å². The summed E-state index contributed by atoms with van der Waals surface area (Å²) in [5, 5.41) is 6.06. The molecule has 0 spiro atoms. The average Bonchev–Trinajstić information content (AvgIpc) is 2.46. The summed E-state index contributed by atoms with van der Waals surface area (Å²) in [5.74, 6) is 0.690. The van der Waals surface area contributed by atoms with Gasteiger partial charge in [0.05, 0.1) is 18.8 Å². The second kappa shape index (κ2) is 9.37. The topological polar surface area (TPSA) is 50.4 Å². The summed E-state index contributed by atoms with van der Waals surface area (Å²) in [6.45, 7) is 7.27. The van der Waals surface area contributed by atoms with Gasteiger partial charge in [0.25, 0.3) is 0 Å². The molecule has 2 N–H and O–H groups in total. The summed E-state index contributed by atoms with van der Waals surface area (Å²) in [6.07, 6.45) is 3.11. The molecule has 0 fully saturated rings. The van der Waals surface area contributed by atoms with Crippen LogP contribution in [0.2, 0.25) is 0 Å². The van der Waals surface area contributed by atoms with Gasteiger partial charge in [-0.05, 0) is 31.9 Å². The zero-order valence-electron chi connectivity index (χ0n) is 12.7. The van der Waals surface area contributed by atoms with Crippen LogP contribution in [0.1, 0.15) is 40.0 Å². The van der Waals surface area contributed by atoms with Gasteiger partial charge in [-0.25, -0.2) is 0 Å². The van der Waals surface area contributed by atoms with Gasteiger partial charge >= 0.3 is 0 Å². The van der Waals surface area contributed by atoms with Gasteiger partial charge in [0.1, 0.15) is 5.75 Å². The number of rotatable bonds is 9. The maximum atomic E-state index is 11.9. The Morgan fingerprint density at radius 1 is 1.30 bits per heavy atom. The molecule has 20 heavy (non-hydrogen) atoms. The summed E-state index contributed by atoms with van der Waals surface area (Å²) in [5.41, 5.74) is 0.736. The summed E-state index contributed by atoms with van der Waals surface area (Å²) >= 11 is 0. The molecule has 0 aliphatic rings. The Balaban J connectivity index is 2.51. The van der Waals surface area contributed by atoms with Crippen LogP contribution in [0.25, 0.3) is 0 Å². The van der Waals surface area contributed by atoms with Crippen LogP contribution in [0.5, 0.6) is 5.75 Å². The lowest BCUT2D eigenvalue weighted by Crippen LogP contribution is -2.34. The molecule has 1 amide bonds. The minimum Gasteiger partial charge on any atom is -0.491 e. The molecule has 112 valence electrons. The molecule has 0 saturated heterocycles. The third kappa shape index (κ3) is 6.06. The van der Waals surface area contributed by atoms with E-state index >= 15 is 0 Å². The highest BCUT2D eigenvalue weighted by molar-refractivity contribution is 5.93. The molecule has 0 aromatic heterocycles. The molecule has 1 rings (SSSR count). The molecular weight excluding hydrogens is 252 g/mol. The van der Waals surface area contributed by atoms with Crippen molar-refractivity contribution in [3.63, 3.8) is 0 Å². The average molecular weight is 278 g/mol. The smallest absolute Gasteiger partial charge is 0.238 e. The molecule has 4 nitrogen and oxygen atoms in total. The molecule has 0 saturated carbocycles. The van der Waals surface area contributed by atoms with Gasteiger partial charge in [-0.3, -0.25) is 4.79 Å². The van der Waals surface area contributed by atoms with Crippen molar-refractivity contribution >= 4 is 11.6 Å². The molecule has 0 bridgehead atoms. The highest BCUT2D eigenvalue weighted by Crippen LogP contribution is 2.23. The van der Waals surface area contributed by atoms with Gasteiger partial charge < -0.3 is 15.4 Å². The van der Waals surface area contributed by atoms with E-state index in [-0.39, 0.29) is 5.91 Å². The molecule has 1 aromatic rings. The third-order valence-electron chi connectivity index (χ3n) is 3.14. The quantitative estimate of drug-likeness (QED) is 0.682. The predicted octanol–water partition coefficient (Wildman–Crippen LogP) is 3.19. The molecule has 0 aliphatic carbocycles. The Bertz CT molecular complexity index is 407. The van der Waals surface area contributed by atoms with Crippen molar-refractivity contribution < 1.29 is 9.53 Å². The van der Waals surface area contributed by atoms with Gasteiger partial charge in [0.2, 0.25) is 5.91 Å². The van der Waals surface area contributed by atoms with Crippen LogP contribution in [0, 0.1) is 0 Å². The van der Waals surface area contributed by atoms with Gasteiger partial charge in [-0.2, -0.15) is 0 Å². The first-order valence-corrected chi connectivity index (χ1v) is 7.42. The molecular formula is C16H26N2O2. The minimum atomic E-state index is -0.0446. The first-order valence-electron chi connectivity index (χ1n) is 7.42. The third-order valence-corrected chi connectivity index (χ3v) is 3.14. The normalized spacial score (nSPS) is 11.9. The van der Waals surface area contributed by atoms with Crippen LogP contribution in [0.4, 0.5) is 5.69 Å². The first kappa shape index (κ1) is 16.5. The summed E-state index contributed by atoms with van der Waals surface area (Å²) in [6, 6.07) is 7.89. The van der Waals surface area contributed by atoms with Gasteiger partial charge in [-0.1, -0.05) is 32.4 Å². The van der Waals surface area contributed by atoms with Gasteiger partial charge in [-0.15, -0.1) is 0 Å². The van der Waals surface area contributed by atoms with E-state index in [0.29, 0.717) is 19.2 Å². The number of anilines is 1. The van der Waals surface area contributed by atoms with Crippen LogP contribution in [0.3, 0.4) is 0 Å². The zero-order valence-corrected chi connectivity index (χ0v) is 12.7. The summed E-state index contributed by atoms with van der Waals surface area (Å²) in [4.78, 5) is 11.9. The lowest BCUT2D eigenvalue weighted by molar-refractivity contribution is -0.115. The number of carbonyl (C=O) groups excluding carboxylic acids is 1. The second-order valence-corrected chi connectivity index (χ2v) is 4.94. The SMILES string of the molecule is CCCCOc1ccccc1NC(=O)CNC(C)CC. The Kier molecular flexibility index (Phi) is 7.73. The van der Waals surface area contributed by atoms with Gasteiger partial charge in [0.15, 0.2) is 0 Å². The van der Waals surface area contributed by atoms with Crippen LogP contribution in [-0.4, -0.2) is 25.1 Å². The lowest BCUT2D eigenvalue weighted by atomic mass is 10.2.